The first-order chi connectivity index (χ1) is 20.3. The predicted molar refractivity (Wildman–Crippen MR) is 166 cm³/mol. The second-order valence-corrected chi connectivity index (χ2v) is 12.0. The van der Waals surface area contributed by atoms with Gasteiger partial charge in [0, 0.05) is 35.8 Å². The van der Waals surface area contributed by atoms with Crippen LogP contribution in [-0.2, 0) is 11.3 Å². The summed E-state index contributed by atoms with van der Waals surface area (Å²) in [6.45, 7) is 4.16. The average Bonchev–Trinajstić information content (AvgIpc) is 3.81. The summed E-state index contributed by atoms with van der Waals surface area (Å²) >= 11 is 18.9. The van der Waals surface area contributed by atoms with Gasteiger partial charge in [-0.25, -0.2) is 0 Å². The zero-order valence-corrected chi connectivity index (χ0v) is 25.6. The summed E-state index contributed by atoms with van der Waals surface area (Å²) in [7, 11) is 0. The fraction of sp³-hybridized carbons (Fsp3) is 0.375. The number of carbonyl (C=O) groups is 2. The van der Waals surface area contributed by atoms with Gasteiger partial charge >= 0.3 is 0 Å². The molecule has 3 aromatic carbocycles. The van der Waals surface area contributed by atoms with E-state index in [1.54, 1.807) is 36.4 Å². The summed E-state index contributed by atoms with van der Waals surface area (Å²) in [5.74, 6) is 0.504. The number of rotatable bonds is 11. The topological polar surface area (TPSA) is 79.9 Å². The van der Waals surface area contributed by atoms with Crippen LogP contribution < -0.4 is 20.1 Å². The molecule has 5 rings (SSSR count). The Hall–Kier alpha value is -2.97. The van der Waals surface area contributed by atoms with Gasteiger partial charge in [0.15, 0.2) is 5.75 Å². The minimum Gasteiger partial charge on any atom is -0.490 e. The van der Waals surface area contributed by atoms with Crippen molar-refractivity contribution in [1.82, 2.24) is 15.5 Å². The molecule has 0 aromatic heterocycles. The number of benzene rings is 3. The highest BCUT2D eigenvalue weighted by atomic mass is 35.5. The quantitative estimate of drug-likeness (QED) is 0.243. The third-order valence-corrected chi connectivity index (χ3v) is 8.47. The third kappa shape index (κ3) is 7.70. The number of aryl methyl sites for hydroxylation is 1. The molecule has 0 bridgehead atoms. The van der Waals surface area contributed by atoms with Crippen LogP contribution in [0.25, 0.3) is 0 Å². The van der Waals surface area contributed by atoms with Crippen LogP contribution in [0.15, 0.2) is 60.7 Å². The number of ether oxygens (including phenoxy) is 2. The van der Waals surface area contributed by atoms with E-state index in [4.69, 9.17) is 44.3 Å². The van der Waals surface area contributed by atoms with Crippen LogP contribution in [0.1, 0.15) is 40.7 Å². The van der Waals surface area contributed by atoms with Crippen LogP contribution in [-0.4, -0.2) is 55.1 Å². The first-order valence-electron chi connectivity index (χ1n) is 14.2. The number of hydrogen-bond acceptors (Lipinski definition) is 5. The zero-order chi connectivity index (χ0) is 29.6. The van der Waals surface area contributed by atoms with Gasteiger partial charge in [-0.1, -0.05) is 53.0 Å². The van der Waals surface area contributed by atoms with Crippen molar-refractivity contribution < 1.29 is 19.1 Å². The highest BCUT2D eigenvalue weighted by molar-refractivity contribution is 6.37. The molecule has 2 atom stereocenters. The number of nitrogens with zero attached hydrogens (tertiary/aromatic N) is 1. The molecule has 1 heterocycles. The molecule has 1 saturated carbocycles. The summed E-state index contributed by atoms with van der Waals surface area (Å²) in [6.07, 6.45) is 2.64. The van der Waals surface area contributed by atoms with E-state index < -0.39 is 0 Å². The van der Waals surface area contributed by atoms with Crippen molar-refractivity contribution >= 4 is 46.6 Å². The number of nitrogens with one attached hydrogen (secondary N) is 2. The molecule has 42 heavy (non-hydrogen) atoms. The van der Waals surface area contributed by atoms with Crippen LogP contribution in [0.5, 0.6) is 11.5 Å². The molecule has 1 unspecified atom stereocenters. The standard InChI is InChI=1S/C32H34Cl3N3O4/c1-20-16-27(34)30(28(35)17-20)42-15-14-41-24-10-6-21(7-11-24)31(39)37-29-12-13-36-18-25(29)32(40)38(23-8-9-23)19-22-4-2-3-5-26(22)33/h2-7,10-11,16-17,23,25,29,36H,8-9,12-15,18-19H2,1H3,(H,37,39)/t25?,29-/m0/s1. The lowest BCUT2D eigenvalue weighted by Crippen LogP contribution is -2.55. The number of carbonyl (C=O) groups excluding carboxylic acids is 2. The Morgan fingerprint density at radius 2 is 1.62 bits per heavy atom. The van der Waals surface area contributed by atoms with Crippen molar-refractivity contribution in [3.63, 3.8) is 0 Å². The Morgan fingerprint density at radius 3 is 2.31 bits per heavy atom. The van der Waals surface area contributed by atoms with Gasteiger partial charge < -0.3 is 25.0 Å². The molecule has 3 aromatic rings. The molecule has 1 saturated heterocycles. The molecule has 1 aliphatic carbocycles. The summed E-state index contributed by atoms with van der Waals surface area (Å²) < 4.78 is 11.5. The van der Waals surface area contributed by atoms with Crippen LogP contribution in [0, 0.1) is 12.8 Å². The first kappa shape index (κ1) is 30.5. The van der Waals surface area contributed by atoms with Crippen molar-refractivity contribution in [3.05, 3.63) is 92.4 Å². The molecule has 7 nitrogen and oxygen atoms in total. The van der Waals surface area contributed by atoms with Crippen LogP contribution >= 0.6 is 34.8 Å². The lowest BCUT2D eigenvalue weighted by molar-refractivity contribution is -0.138. The van der Waals surface area contributed by atoms with Crippen LogP contribution in [0.4, 0.5) is 0 Å². The molecule has 222 valence electrons. The summed E-state index contributed by atoms with van der Waals surface area (Å²) in [5, 5.41) is 8.01. The minimum atomic E-state index is -0.357. The smallest absolute Gasteiger partial charge is 0.251 e. The van der Waals surface area contributed by atoms with Gasteiger partial charge in [0.25, 0.3) is 5.91 Å². The normalized spacial score (nSPS) is 18.3. The largest absolute Gasteiger partial charge is 0.490 e. The Balaban J connectivity index is 1.15. The molecule has 10 heteroatoms. The summed E-state index contributed by atoms with van der Waals surface area (Å²) in [6, 6.07) is 18.1. The molecule has 1 aliphatic heterocycles. The van der Waals surface area contributed by atoms with E-state index in [0.29, 0.717) is 51.6 Å². The van der Waals surface area contributed by atoms with Crippen LogP contribution in [0.2, 0.25) is 15.1 Å². The van der Waals surface area contributed by atoms with Gasteiger partial charge in [-0.05, 0) is 86.3 Å². The number of hydrogen-bond donors (Lipinski definition) is 2. The van der Waals surface area contributed by atoms with Gasteiger partial charge in [-0.2, -0.15) is 0 Å². The van der Waals surface area contributed by atoms with E-state index in [1.165, 1.54) is 0 Å². The molecule has 0 spiro atoms. The van der Waals surface area contributed by atoms with Crippen molar-refractivity contribution in [2.75, 3.05) is 26.3 Å². The Bertz CT molecular complexity index is 1390. The van der Waals surface area contributed by atoms with Gasteiger partial charge in [0.05, 0.1) is 16.0 Å². The van der Waals surface area contributed by atoms with E-state index in [0.717, 1.165) is 30.5 Å². The van der Waals surface area contributed by atoms with Crippen LogP contribution in [0.3, 0.4) is 0 Å². The minimum absolute atomic E-state index is 0.0501. The maximum absolute atomic E-state index is 13.8. The Kier molecular flexibility index (Phi) is 10.2. The maximum atomic E-state index is 13.8. The number of halogens is 3. The molecular weight excluding hydrogens is 597 g/mol. The van der Waals surface area contributed by atoms with Gasteiger partial charge in [0.1, 0.15) is 19.0 Å². The van der Waals surface area contributed by atoms with E-state index in [2.05, 4.69) is 10.6 Å². The third-order valence-electron chi connectivity index (χ3n) is 7.54. The zero-order valence-electron chi connectivity index (χ0n) is 23.4. The molecule has 2 amide bonds. The second kappa shape index (κ2) is 14.0. The highest BCUT2D eigenvalue weighted by Crippen LogP contribution is 2.34. The van der Waals surface area contributed by atoms with Gasteiger partial charge in [0.2, 0.25) is 5.91 Å². The lowest BCUT2D eigenvalue weighted by atomic mass is 9.91. The van der Waals surface area contributed by atoms with Crippen molar-refractivity contribution in [1.29, 1.82) is 0 Å². The SMILES string of the molecule is Cc1cc(Cl)c(OCCOc2ccc(C(=O)N[C@H]3CCNCC3C(=O)N(Cc3ccccc3Cl)C3CC3)cc2)c(Cl)c1. The molecule has 2 fully saturated rings. The van der Waals surface area contributed by atoms with Crippen molar-refractivity contribution in [3.8, 4) is 11.5 Å². The molecule has 2 aliphatic rings. The fourth-order valence-electron chi connectivity index (χ4n) is 5.17. The number of amides is 2. The predicted octanol–water partition coefficient (Wildman–Crippen LogP) is 6.31. The number of piperidine rings is 1. The van der Waals surface area contributed by atoms with Gasteiger partial charge in [-0.3, -0.25) is 9.59 Å². The monoisotopic (exact) mass is 629 g/mol. The van der Waals surface area contributed by atoms with E-state index in [-0.39, 0.29) is 43.0 Å². The van der Waals surface area contributed by atoms with Crippen molar-refractivity contribution in [2.24, 2.45) is 5.92 Å². The van der Waals surface area contributed by atoms with E-state index >= 15 is 0 Å². The summed E-state index contributed by atoms with van der Waals surface area (Å²) in [5.41, 5.74) is 2.38. The molecular formula is C32H34Cl3N3O4. The fourth-order valence-corrected chi connectivity index (χ4v) is 6.07. The van der Waals surface area contributed by atoms with E-state index in [9.17, 15) is 9.59 Å². The molecule has 2 N–H and O–H groups in total. The second-order valence-electron chi connectivity index (χ2n) is 10.7. The van der Waals surface area contributed by atoms with Crippen molar-refractivity contribution in [2.45, 2.75) is 44.8 Å². The highest BCUT2D eigenvalue weighted by Gasteiger charge is 2.40. The first-order valence-corrected chi connectivity index (χ1v) is 15.3. The maximum Gasteiger partial charge on any atom is 0.251 e. The lowest BCUT2D eigenvalue weighted by Gasteiger charge is -2.36. The van der Waals surface area contributed by atoms with E-state index in [1.807, 2.05) is 36.1 Å². The molecule has 0 radical (unpaired) electrons. The average molecular weight is 631 g/mol. The van der Waals surface area contributed by atoms with Gasteiger partial charge in [-0.15, -0.1) is 0 Å². The Morgan fingerprint density at radius 1 is 0.929 bits per heavy atom. The summed E-state index contributed by atoms with van der Waals surface area (Å²) in [4.78, 5) is 28.9. The Labute approximate surface area is 261 Å².